The normalized spacial score (nSPS) is 14.4. The van der Waals surface area contributed by atoms with Crippen molar-refractivity contribution in [3.05, 3.63) is 22.7 Å². The van der Waals surface area contributed by atoms with E-state index in [4.69, 9.17) is 26.2 Å². The van der Waals surface area contributed by atoms with Gasteiger partial charge in [0.25, 0.3) is 5.91 Å². The van der Waals surface area contributed by atoms with Crippen LogP contribution in [0, 0.1) is 0 Å². The fraction of sp³-hybridized carbons (Fsp3) is 0.417. The van der Waals surface area contributed by atoms with Crippen LogP contribution in [0.3, 0.4) is 0 Å². The van der Waals surface area contributed by atoms with Gasteiger partial charge in [-0.3, -0.25) is 4.79 Å². The third kappa shape index (κ3) is 2.68. The van der Waals surface area contributed by atoms with Crippen molar-refractivity contribution in [3.8, 4) is 11.5 Å². The summed E-state index contributed by atoms with van der Waals surface area (Å²) in [5.41, 5.74) is 0.411. The van der Waals surface area contributed by atoms with Crippen molar-refractivity contribution in [2.45, 2.75) is 19.4 Å². The van der Waals surface area contributed by atoms with E-state index in [1.54, 1.807) is 6.07 Å². The first-order valence-corrected chi connectivity index (χ1v) is 6.00. The molecule has 1 aromatic carbocycles. The van der Waals surface area contributed by atoms with E-state index < -0.39 is 0 Å². The third-order valence-electron chi connectivity index (χ3n) is 2.63. The van der Waals surface area contributed by atoms with E-state index in [-0.39, 0.29) is 25.3 Å². The molecule has 5 nitrogen and oxygen atoms in total. The molecule has 1 heterocycles. The molecule has 0 spiro atoms. The first kappa shape index (κ1) is 13.0. The molecule has 0 saturated carbocycles. The highest BCUT2D eigenvalue weighted by molar-refractivity contribution is 6.32. The second kappa shape index (κ2) is 5.46. The zero-order valence-corrected chi connectivity index (χ0v) is 10.7. The van der Waals surface area contributed by atoms with Crippen molar-refractivity contribution >= 4 is 17.5 Å². The van der Waals surface area contributed by atoms with Crippen molar-refractivity contribution in [2.24, 2.45) is 0 Å². The fourth-order valence-corrected chi connectivity index (χ4v) is 1.94. The molecule has 1 aliphatic rings. The number of aliphatic hydroxyl groups excluding tert-OH is 1. The average molecular weight is 272 g/mol. The number of aliphatic hydroxyl groups is 1. The van der Waals surface area contributed by atoms with Crippen LogP contribution in [0.5, 0.6) is 11.5 Å². The van der Waals surface area contributed by atoms with E-state index in [0.29, 0.717) is 28.5 Å². The van der Waals surface area contributed by atoms with Gasteiger partial charge < -0.3 is 19.9 Å². The molecule has 6 heteroatoms. The van der Waals surface area contributed by atoms with E-state index in [1.807, 2.05) is 6.92 Å². The molecule has 18 heavy (non-hydrogen) atoms. The molecule has 0 radical (unpaired) electrons. The number of carbonyl (C=O) groups is 1. The summed E-state index contributed by atoms with van der Waals surface area (Å²) < 4.78 is 10.4. The number of nitrogens with one attached hydrogen (secondary N) is 1. The van der Waals surface area contributed by atoms with E-state index in [0.717, 1.165) is 0 Å². The van der Waals surface area contributed by atoms with Gasteiger partial charge in [0.05, 0.1) is 5.02 Å². The lowest BCUT2D eigenvalue weighted by atomic mass is 10.1. The standard InChI is InChI=1S/C12H14ClNO4/c1-7(2-3-15)14-12(16)8-4-9(13)11-10(5-8)17-6-18-11/h4-5,7,15H,2-3,6H2,1H3,(H,14,16). The highest BCUT2D eigenvalue weighted by Gasteiger charge is 2.21. The number of ether oxygens (including phenoxy) is 2. The van der Waals surface area contributed by atoms with Crippen molar-refractivity contribution in [1.29, 1.82) is 0 Å². The van der Waals surface area contributed by atoms with Gasteiger partial charge in [-0.2, -0.15) is 0 Å². The Balaban J connectivity index is 2.14. The summed E-state index contributed by atoms with van der Waals surface area (Å²) in [5, 5.41) is 11.9. The molecule has 0 bridgehead atoms. The van der Waals surface area contributed by atoms with Crippen LogP contribution < -0.4 is 14.8 Å². The number of halogens is 1. The summed E-state index contributed by atoms with van der Waals surface area (Å²) in [6.07, 6.45) is 0.504. The number of carbonyl (C=O) groups excluding carboxylic acids is 1. The fourth-order valence-electron chi connectivity index (χ4n) is 1.67. The molecule has 2 rings (SSSR count). The van der Waals surface area contributed by atoms with Crippen LogP contribution >= 0.6 is 11.6 Å². The first-order valence-electron chi connectivity index (χ1n) is 5.62. The van der Waals surface area contributed by atoms with E-state index in [2.05, 4.69) is 5.32 Å². The van der Waals surface area contributed by atoms with Crippen LogP contribution in [0.4, 0.5) is 0 Å². The van der Waals surface area contributed by atoms with Crippen LogP contribution in [0.2, 0.25) is 5.02 Å². The Labute approximate surface area is 110 Å². The van der Waals surface area contributed by atoms with Crippen molar-refractivity contribution < 1.29 is 19.4 Å². The molecular weight excluding hydrogens is 258 g/mol. The van der Waals surface area contributed by atoms with Crippen molar-refractivity contribution in [3.63, 3.8) is 0 Å². The van der Waals surface area contributed by atoms with Crippen LogP contribution in [0.15, 0.2) is 12.1 Å². The smallest absolute Gasteiger partial charge is 0.251 e. The lowest BCUT2D eigenvalue weighted by molar-refractivity contribution is 0.0934. The molecule has 0 saturated heterocycles. The van der Waals surface area contributed by atoms with E-state index >= 15 is 0 Å². The molecule has 1 aromatic rings. The number of hydrogen-bond acceptors (Lipinski definition) is 4. The quantitative estimate of drug-likeness (QED) is 0.872. The second-order valence-corrected chi connectivity index (χ2v) is 4.49. The van der Waals surface area contributed by atoms with Crippen LogP contribution in [-0.4, -0.2) is 30.5 Å². The van der Waals surface area contributed by atoms with Crippen LogP contribution in [0.25, 0.3) is 0 Å². The molecule has 1 atom stereocenters. The first-order chi connectivity index (χ1) is 8.61. The van der Waals surface area contributed by atoms with Gasteiger partial charge in [0.1, 0.15) is 0 Å². The third-order valence-corrected chi connectivity index (χ3v) is 2.91. The maximum absolute atomic E-state index is 11.9. The SMILES string of the molecule is CC(CCO)NC(=O)c1cc(Cl)c2c(c1)OCO2. The predicted octanol–water partition coefficient (Wildman–Crippen LogP) is 1.57. The number of rotatable bonds is 4. The Morgan fingerprint density at radius 3 is 3.06 bits per heavy atom. The van der Waals surface area contributed by atoms with Gasteiger partial charge in [0.15, 0.2) is 11.5 Å². The van der Waals surface area contributed by atoms with Gasteiger partial charge in [-0.25, -0.2) is 0 Å². The van der Waals surface area contributed by atoms with Crippen LogP contribution in [-0.2, 0) is 0 Å². The van der Waals surface area contributed by atoms with Gasteiger partial charge in [0.2, 0.25) is 6.79 Å². The van der Waals surface area contributed by atoms with Gasteiger partial charge in [0, 0.05) is 18.2 Å². The second-order valence-electron chi connectivity index (χ2n) is 4.08. The molecule has 1 aliphatic heterocycles. The van der Waals surface area contributed by atoms with Crippen LogP contribution in [0.1, 0.15) is 23.7 Å². The number of fused-ring (bicyclic) bond motifs is 1. The minimum atomic E-state index is -0.254. The summed E-state index contributed by atoms with van der Waals surface area (Å²) in [4.78, 5) is 11.9. The van der Waals surface area contributed by atoms with Crippen molar-refractivity contribution in [2.75, 3.05) is 13.4 Å². The minimum Gasteiger partial charge on any atom is -0.454 e. The van der Waals surface area contributed by atoms with Gasteiger partial charge in [-0.15, -0.1) is 0 Å². The molecule has 0 aliphatic carbocycles. The number of benzene rings is 1. The molecule has 1 amide bonds. The Kier molecular flexibility index (Phi) is 3.93. The Bertz CT molecular complexity index is 464. The molecule has 0 aromatic heterocycles. The molecule has 2 N–H and O–H groups in total. The van der Waals surface area contributed by atoms with Gasteiger partial charge in [-0.05, 0) is 25.5 Å². The summed E-state index contributed by atoms with van der Waals surface area (Å²) in [7, 11) is 0. The zero-order valence-electron chi connectivity index (χ0n) is 9.90. The number of hydrogen-bond donors (Lipinski definition) is 2. The maximum Gasteiger partial charge on any atom is 0.251 e. The number of amides is 1. The molecule has 0 fully saturated rings. The lowest BCUT2D eigenvalue weighted by Crippen LogP contribution is -2.33. The average Bonchev–Trinajstić information content (AvgIpc) is 2.77. The summed E-state index contributed by atoms with van der Waals surface area (Å²) in [5.74, 6) is 0.690. The summed E-state index contributed by atoms with van der Waals surface area (Å²) in [6, 6.07) is 3.03. The minimum absolute atomic E-state index is 0.0311. The Morgan fingerprint density at radius 2 is 2.33 bits per heavy atom. The Morgan fingerprint density at radius 1 is 1.56 bits per heavy atom. The molecule has 1 unspecified atom stereocenters. The monoisotopic (exact) mass is 271 g/mol. The summed E-state index contributed by atoms with van der Waals surface area (Å²) in [6.45, 7) is 1.97. The highest BCUT2D eigenvalue weighted by atomic mass is 35.5. The van der Waals surface area contributed by atoms with Crippen molar-refractivity contribution in [1.82, 2.24) is 5.32 Å². The zero-order chi connectivity index (χ0) is 13.1. The van der Waals surface area contributed by atoms with E-state index in [9.17, 15) is 4.79 Å². The Hall–Kier alpha value is -1.46. The van der Waals surface area contributed by atoms with Gasteiger partial charge in [-0.1, -0.05) is 11.6 Å². The summed E-state index contributed by atoms with van der Waals surface area (Å²) >= 11 is 5.99. The molecular formula is C12H14ClNO4. The van der Waals surface area contributed by atoms with E-state index in [1.165, 1.54) is 6.07 Å². The maximum atomic E-state index is 11.9. The topological polar surface area (TPSA) is 67.8 Å². The van der Waals surface area contributed by atoms with Gasteiger partial charge >= 0.3 is 0 Å². The lowest BCUT2D eigenvalue weighted by Gasteiger charge is -2.12. The largest absolute Gasteiger partial charge is 0.454 e. The molecule has 98 valence electrons. The predicted molar refractivity (Wildman–Crippen MR) is 66.2 cm³/mol. The highest BCUT2D eigenvalue weighted by Crippen LogP contribution is 2.39.